The Kier molecular flexibility index (Phi) is 2.69. The molecule has 0 bridgehead atoms. The van der Waals surface area contributed by atoms with Gasteiger partial charge < -0.3 is 10.2 Å². The van der Waals surface area contributed by atoms with E-state index in [0.717, 1.165) is 11.7 Å². The summed E-state index contributed by atoms with van der Waals surface area (Å²) in [6, 6.07) is 0.696. The molecule has 0 aromatic rings. The number of nitrogens with zero attached hydrogens (tertiary/aromatic N) is 1. The van der Waals surface area contributed by atoms with Crippen molar-refractivity contribution >= 4 is 17.3 Å². The molecule has 0 radical (unpaired) electrons. The third-order valence-electron chi connectivity index (χ3n) is 3.48. The second kappa shape index (κ2) is 3.69. The van der Waals surface area contributed by atoms with E-state index >= 15 is 0 Å². The summed E-state index contributed by atoms with van der Waals surface area (Å²) in [5.41, 5.74) is 0.221. The fourth-order valence-corrected chi connectivity index (χ4v) is 3.20. The number of hydrogen-bond acceptors (Lipinski definition) is 1. The van der Waals surface area contributed by atoms with Crippen LogP contribution >= 0.6 is 12.2 Å². The standard InChI is InChI=1S/C11H20N2S/c1-11(2)8-12-10(14)13(11)9-6-4-3-5-7-9/h9H,3-8H2,1-2H3,(H,12,14). The molecule has 80 valence electrons. The first kappa shape index (κ1) is 10.2. The Bertz CT molecular complexity index is 231. The second-order valence-corrected chi connectivity index (χ2v) is 5.52. The molecule has 2 aliphatic rings. The zero-order valence-electron chi connectivity index (χ0n) is 9.18. The van der Waals surface area contributed by atoms with Crippen molar-refractivity contribution in [1.82, 2.24) is 10.2 Å². The summed E-state index contributed by atoms with van der Waals surface area (Å²) in [4.78, 5) is 2.45. The molecule has 2 nitrogen and oxygen atoms in total. The van der Waals surface area contributed by atoms with Gasteiger partial charge in [-0.2, -0.15) is 0 Å². The summed E-state index contributed by atoms with van der Waals surface area (Å²) < 4.78 is 0. The van der Waals surface area contributed by atoms with Crippen LogP contribution in [0.3, 0.4) is 0 Å². The van der Waals surface area contributed by atoms with E-state index in [0.29, 0.717) is 6.04 Å². The van der Waals surface area contributed by atoms with Gasteiger partial charge in [-0.25, -0.2) is 0 Å². The van der Waals surface area contributed by atoms with Crippen LogP contribution in [0.5, 0.6) is 0 Å². The quantitative estimate of drug-likeness (QED) is 0.671. The van der Waals surface area contributed by atoms with Gasteiger partial charge in [0.25, 0.3) is 0 Å². The van der Waals surface area contributed by atoms with E-state index in [1.54, 1.807) is 0 Å². The summed E-state index contributed by atoms with van der Waals surface area (Å²) in [6.07, 6.45) is 6.81. The predicted molar refractivity (Wildman–Crippen MR) is 63.4 cm³/mol. The van der Waals surface area contributed by atoms with Crippen LogP contribution < -0.4 is 5.32 Å². The SMILES string of the molecule is CC1(C)CNC(=S)N1C1CCCCC1. The molecular formula is C11H20N2S. The Labute approximate surface area is 92.0 Å². The Morgan fingerprint density at radius 3 is 2.43 bits per heavy atom. The first-order valence-electron chi connectivity index (χ1n) is 5.68. The maximum absolute atomic E-state index is 5.39. The smallest absolute Gasteiger partial charge is 0.169 e. The molecule has 2 fully saturated rings. The fraction of sp³-hybridized carbons (Fsp3) is 0.909. The predicted octanol–water partition coefficient (Wildman–Crippen LogP) is 2.29. The van der Waals surface area contributed by atoms with Crippen molar-refractivity contribution in [2.45, 2.75) is 57.5 Å². The van der Waals surface area contributed by atoms with Crippen LogP contribution in [0, 0.1) is 0 Å². The molecule has 1 saturated carbocycles. The van der Waals surface area contributed by atoms with E-state index in [2.05, 4.69) is 24.1 Å². The zero-order chi connectivity index (χ0) is 10.2. The molecule has 2 rings (SSSR count). The molecule has 1 heterocycles. The van der Waals surface area contributed by atoms with E-state index in [4.69, 9.17) is 12.2 Å². The Morgan fingerprint density at radius 2 is 1.93 bits per heavy atom. The van der Waals surface area contributed by atoms with Crippen molar-refractivity contribution in [3.63, 3.8) is 0 Å². The molecule has 0 amide bonds. The number of rotatable bonds is 1. The van der Waals surface area contributed by atoms with E-state index in [1.165, 1.54) is 32.1 Å². The van der Waals surface area contributed by atoms with Crippen LogP contribution in [0.1, 0.15) is 46.0 Å². The summed E-state index contributed by atoms with van der Waals surface area (Å²) in [5.74, 6) is 0. The average Bonchev–Trinajstić information content (AvgIpc) is 2.42. The highest BCUT2D eigenvalue weighted by atomic mass is 32.1. The van der Waals surface area contributed by atoms with Gasteiger partial charge in [0.2, 0.25) is 0 Å². The van der Waals surface area contributed by atoms with Crippen LogP contribution in [-0.2, 0) is 0 Å². The topological polar surface area (TPSA) is 15.3 Å². The van der Waals surface area contributed by atoms with Gasteiger partial charge in [0, 0.05) is 12.6 Å². The molecular weight excluding hydrogens is 192 g/mol. The maximum atomic E-state index is 5.39. The third kappa shape index (κ3) is 1.74. The van der Waals surface area contributed by atoms with Crippen LogP contribution in [0.2, 0.25) is 0 Å². The van der Waals surface area contributed by atoms with Gasteiger partial charge in [-0.05, 0) is 38.9 Å². The Balaban J connectivity index is 2.10. The van der Waals surface area contributed by atoms with Gasteiger partial charge in [-0.15, -0.1) is 0 Å². The highest BCUT2D eigenvalue weighted by molar-refractivity contribution is 7.80. The van der Waals surface area contributed by atoms with Gasteiger partial charge in [0.1, 0.15) is 0 Å². The molecule has 14 heavy (non-hydrogen) atoms. The van der Waals surface area contributed by atoms with Crippen molar-refractivity contribution < 1.29 is 0 Å². The van der Waals surface area contributed by atoms with Crippen molar-refractivity contribution in [1.29, 1.82) is 0 Å². The van der Waals surface area contributed by atoms with E-state index in [9.17, 15) is 0 Å². The highest BCUT2D eigenvalue weighted by Crippen LogP contribution is 2.30. The average molecular weight is 212 g/mol. The zero-order valence-corrected chi connectivity index (χ0v) is 9.99. The lowest BCUT2D eigenvalue weighted by molar-refractivity contribution is 0.157. The van der Waals surface area contributed by atoms with E-state index in [-0.39, 0.29) is 5.54 Å². The van der Waals surface area contributed by atoms with Crippen molar-refractivity contribution in [3.05, 3.63) is 0 Å². The molecule has 3 heteroatoms. The monoisotopic (exact) mass is 212 g/mol. The molecule has 0 aromatic carbocycles. The molecule has 1 aliphatic carbocycles. The summed E-state index contributed by atoms with van der Waals surface area (Å²) in [6.45, 7) is 5.57. The molecule has 0 spiro atoms. The Hall–Kier alpha value is -0.310. The number of thiocarbonyl (C=S) groups is 1. The Morgan fingerprint density at radius 1 is 1.29 bits per heavy atom. The van der Waals surface area contributed by atoms with E-state index in [1.807, 2.05) is 0 Å². The minimum Gasteiger partial charge on any atom is -0.360 e. The van der Waals surface area contributed by atoms with Crippen LogP contribution in [0.25, 0.3) is 0 Å². The van der Waals surface area contributed by atoms with Gasteiger partial charge in [-0.3, -0.25) is 0 Å². The minimum absolute atomic E-state index is 0.221. The summed E-state index contributed by atoms with van der Waals surface area (Å²) in [5, 5.41) is 4.29. The van der Waals surface area contributed by atoms with Crippen LogP contribution in [0.4, 0.5) is 0 Å². The van der Waals surface area contributed by atoms with Gasteiger partial charge >= 0.3 is 0 Å². The number of hydrogen-bond donors (Lipinski definition) is 1. The molecule has 1 saturated heterocycles. The molecule has 1 aliphatic heterocycles. The van der Waals surface area contributed by atoms with Crippen LogP contribution in [-0.4, -0.2) is 28.1 Å². The second-order valence-electron chi connectivity index (χ2n) is 5.13. The van der Waals surface area contributed by atoms with E-state index < -0.39 is 0 Å². The lowest BCUT2D eigenvalue weighted by Crippen LogP contribution is -2.49. The lowest BCUT2D eigenvalue weighted by Gasteiger charge is -2.40. The van der Waals surface area contributed by atoms with Crippen molar-refractivity contribution in [2.24, 2.45) is 0 Å². The van der Waals surface area contributed by atoms with Gasteiger partial charge in [-0.1, -0.05) is 19.3 Å². The molecule has 0 unspecified atom stereocenters. The highest BCUT2D eigenvalue weighted by Gasteiger charge is 2.39. The lowest BCUT2D eigenvalue weighted by atomic mass is 9.91. The van der Waals surface area contributed by atoms with Gasteiger partial charge in [0.05, 0.1) is 5.54 Å². The third-order valence-corrected chi connectivity index (χ3v) is 3.82. The van der Waals surface area contributed by atoms with Crippen LogP contribution in [0.15, 0.2) is 0 Å². The molecule has 1 N–H and O–H groups in total. The minimum atomic E-state index is 0.221. The summed E-state index contributed by atoms with van der Waals surface area (Å²) >= 11 is 5.39. The van der Waals surface area contributed by atoms with Crippen molar-refractivity contribution in [3.8, 4) is 0 Å². The van der Waals surface area contributed by atoms with Gasteiger partial charge in [0.15, 0.2) is 5.11 Å². The number of nitrogens with one attached hydrogen (secondary N) is 1. The van der Waals surface area contributed by atoms with Crippen molar-refractivity contribution in [2.75, 3.05) is 6.54 Å². The first-order chi connectivity index (χ1) is 6.61. The largest absolute Gasteiger partial charge is 0.360 e. The molecule has 0 atom stereocenters. The summed E-state index contributed by atoms with van der Waals surface area (Å²) in [7, 11) is 0. The maximum Gasteiger partial charge on any atom is 0.169 e. The normalized spacial score (nSPS) is 27.9. The fourth-order valence-electron chi connectivity index (χ4n) is 2.74. The first-order valence-corrected chi connectivity index (χ1v) is 6.09. The molecule has 0 aromatic heterocycles.